The fourth-order valence-electron chi connectivity index (χ4n) is 1.59. The van der Waals surface area contributed by atoms with Gasteiger partial charge in [0.1, 0.15) is 0 Å². The lowest BCUT2D eigenvalue weighted by atomic mass is 10.1. The molecule has 2 rings (SSSR count). The number of nitro groups is 1. The molecule has 0 radical (unpaired) electrons. The molecular formula is C13H11N3O3. The maximum Gasteiger partial charge on any atom is 0.271 e. The number of rotatable bonds is 3. The number of carbonyl (C=O) groups is 1. The fourth-order valence-corrected chi connectivity index (χ4v) is 1.59. The molecule has 6 nitrogen and oxygen atoms in total. The van der Waals surface area contributed by atoms with E-state index in [0.29, 0.717) is 5.69 Å². The van der Waals surface area contributed by atoms with Gasteiger partial charge in [-0.3, -0.25) is 14.9 Å². The second-order valence-electron chi connectivity index (χ2n) is 3.85. The van der Waals surface area contributed by atoms with E-state index in [1.807, 2.05) is 6.07 Å². The molecule has 0 saturated carbocycles. The van der Waals surface area contributed by atoms with Gasteiger partial charge in [0.25, 0.3) is 11.6 Å². The highest BCUT2D eigenvalue weighted by Crippen LogP contribution is 2.20. The molecule has 0 fully saturated rings. The summed E-state index contributed by atoms with van der Waals surface area (Å²) >= 11 is 0. The molecule has 6 heteroatoms. The molecule has 0 aliphatic carbocycles. The first kappa shape index (κ1) is 12.6. The molecule has 1 amide bonds. The number of para-hydroxylation sites is 1. The summed E-state index contributed by atoms with van der Waals surface area (Å²) in [5.74, 6) is -0.404. The van der Waals surface area contributed by atoms with Crippen molar-refractivity contribution in [2.75, 3.05) is 11.1 Å². The van der Waals surface area contributed by atoms with Crippen molar-refractivity contribution in [1.29, 1.82) is 0 Å². The van der Waals surface area contributed by atoms with Gasteiger partial charge in [-0.2, -0.15) is 0 Å². The Kier molecular flexibility index (Phi) is 3.42. The maximum absolute atomic E-state index is 12.0. The van der Waals surface area contributed by atoms with E-state index < -0.39 is 10.8 Å². The average Bonchev–Trinajstić information content (AvgIpc) is 2.39. The predicted molar refractivity (Wildman–Crippen MR) is 71.9 cm³/mol. The van der Waals surface area contributed by atoms with Crippen LogP contribution in [0.15, 0.2) is 48.5 Å². The van der Waals surface area contributed by atoms with E-state index in [-0.39, 0.29) is 16.9 Å². The normalized spacial score (nSPS) is 9.89. The number of nitrogens with one attached hydrogen (secondary N) is 1. The van der Waals surface area contributed by atoms with Crippen LogP contribution in [0.2, 0.25) is 0 Å². The van der Waals surface area contributed by atoms with Gasteiger partial charge in [-0.25, -0.2) is 0 Å². The Balaban J connectivity index is 2.22. The van der Waals surface area contributed by atoms with Gasteiger partial charge in [0.2, 0.25) is 0 Å². The van der Waals surface area contributed by atoms with Crippen LogP contribution in [0.25, 0.3) is 0 Å². The second-order valence-corrected chi connectivity index (χ2v) is 3.85. The van der Waals surface area contributed by atoms with Gasteiger partial charge in [-0.1, -0.05) is 18.2 Å². The number of nitrogens with two attached hydrogens (primary N) is 1. The Morgan fingerprint density at radius 3 is 2.42 bits per heavy atom. The lowest BCUT2D eigenvalue weighted by molar-refractivity contribution is -0.384. The Bertz CT molecular complexity index is 626. The van der Waals surface area contributed by atoms with E-state index >= 15 is 0 Å². The summed E-state index contributed by atoms with van der Waals surface area (Å²) in [7, 11) is 0. The summed E-state index contributed by atoms with van der Waals surface area (Å²) in [5, 5.41) is 13.2. The van der Waals surface area contributed by atoms with Crippen LogP contribution in [0.5, 0.6) is 0 Å². The minimum atomic E-state index is -0.560. The third-order valence-electron chi connectivity index (χ3n) is 2.52. The molecule has 0 saturated heterocycles. The highest BCUT2D eigenvalue weighted by atomic mass is 16.6. The Morgan fingerprint density at radius 2 is 1.84 bits per heavy atom. The molecule has 0 heterocycles. The van der Waals surface area contributed by atoms with Gasteiger partial charge in [-0.15, -0.1) is 0 Å². The summed E-state index contributed by atoms with van der Waals surface area (Å²) in [4.78, 5) is 22.0. The number of anilines is 2. The van der Waals surface area contributed by atoms with Gasteiger partial charge in [0.05, 0.1) is 16.2 Å². The number of benzene rings is 2. The van der Waals surface area contributed by atoms with Crippen molar-refractivity contribution in [3.05, 3.63) is 64.2 Å². The lowest BCUT2D eigenvalue weighted by Gasteiger charge is -2.07. The smallest absolute Gasteiger partial charge is 0.271 e. The molecule has 0 aromatic heterocycles. The van der Waals surface area contributed by atoms with Crippen LogP contribution >= 0.6 is 0 Å². The quantitative estimate of drug-likeness (QED) is 0.501. The number of nitrogens with zero attached hydrogens (tertiary/aromatic N) is 1. The molecule has 2 aromatic carbocycles. The fraction of sp³-hybridized carbons (Fsp3) is 0. The molecule has 0 aliphatic rings. The minimum absolute atomic E-state index is 0.0719. The highest BCUT2D eigenvalue weighted by molar-refractivity contribution is 6.07. The molecular weight excluding hydrogens is 246 g/mol. The molecule has 19 heavy (non-hydrogen) atoms. The molecule has 0 spiro atoms. The van der Waals surface area contributed by atoms with Crippen molar-refractivity contribution in [3.63, 3.8) is 0 Å². The van der Waals surface area contributed by atoms with Crippen LogP contribution in [-0.4, -0.2) is 10.8 Å². The van der Waals surface area contributed by atoms with Crippen molar-refractivity contribution in [2.45, 2.75) is 0 Å². The van der Waals surface area contributed by atoms with E-state index in [1.165, 1.54) is 18.2 Å². The summed E-state index contributed by atoms with van der Waals surface area (Å²) in [6.07, 6.45) is 0. The van der Waals surface area contributed by atoms with Crippen LogP contribution in [0.3, 0.4) is 0 Å². The number of hydrogen-bond donors (Lipinski definition) is 2. The van der Waals surface area contributed by atoms with E-state index in [1.54, 1.807) is 24.3 Å². The first-order valence-corrected chi connectivity index (χ1v) is 5.48. The molecule has 96 valence electrons. The zero-order chi connectivity index (χ0) is 13.8. The van der Waals surface area contributed by atoms with E-state index in [4.69, 9.17) is 5.73 Å². The maximum atomic E-state index is 12.0. The molecule has 2 aromatic rings. The number of carbonyl (C=O) groups excluding carboxylic acids is 1. The molecule has 0 aliphatic heterocycles. The van der Waals surface area contributed by atoms with Crippen LogP contribution in [0, 0.1) is 10.1 Å². The second kappa shape index (κ2) is 5.18. The van der Waals surface area contributed by atoms with E-state index in [2.05, 4.69) is 5.32 Å². The Hall–Kier alpha value is -2.89. The highest BCUT2D eigenvalue weighted by Gasteiger charge is 2.14. The van der Waals surface area contributed by atoms with Crippen molar-refractivity contribution in [1.82, 2.24) is 0 Å². The predicted octanol–water partition coefficient (Wildman–Crippen LogP) is 2.43. The molecule has 0 bridgehead atoms. The largest absolute Gasteiger partial charge is 0.398 e. The Labute approximate surface area is 109 Å². The van der Waals surface area contributed by atoms with Crippen molar-refractivity contribution >= 4 is 23.0 Å². The van der Waals surface area contributed by atoms with Gasteiger partial charge < -0.3 is 11.1 Å². The van der Waals surface area contributed by atoms with Gasteiger partial charge in [0.15, 0.2) is 0 Å². The number of nitro benzene ring substituents is 1. The monoisotopic (exact) mass is 257 g/mol. The lowest BCUT2D eigenvalue weighted by Crippen LogP contribution is -2.14. The average molecular weight is 257 g/mol. The van der Waals surface area contributed by atoms with Crippen LogP contribution in [0.1, 0.15) is 10.4 Å². The number of non-ortho nitro benzene ring substituents is 1. The number of hydrogen-bond acceptors (Lipinski definition) is 4. The third-order valence-corrected chi connectivity index (χ3v) is 2.52. The molecule has 3 N–H and O–H groups in total. The standard InChI is InChI=1S/C13H11N3O3/c14-12-8-10(16(18)19)6-7-11(12)13(17)15-9-4-2-1-3-5-9/h1-8H,14H2,(H,15,17). The minimum Gasteiger partial charge on any atom is -0.398 e. The van der Waals surface area contributed by atoms with Crippen molar-refractivity contribution in [2.24, 2.45) is 0 Å². The summed E-state index contributed by atoms with van der Waals surface area (Å²) in [6.45, 7) is 0. The van der Waals surface area contributed by atoms with Crippen molar-refractivity contribution < 1.29 is 9.72 Å². The van der Waals surface area contributed by atoms with E-state index in [0.717, 1.165) is 0 Å². The number of amides is 1. The van der Waals surface area contributed by atoms with Gasteiger partial charge in [0, 0.05) is 17.8 Å². The van der Waals surface area contributed by atoms with Crippen LogP contribution < -0.4 is 11.1 Å². The molecule has 0 unspecified atom stereocenters. The Morgan fingerprint density at radius 1 is 1.16 bits per heavy atom. The SMILES string of the molecule is Nc1cc([N+](=O)[O-])ccc1C(=O)Nc1ccccc1. The van der Waals surface area contributed by atoms with Crippen LogP contribution in [-0.2, 0) is 0 Å². The van der Waals surface area contributed by atoms with Gasteiger partial charge >= 0.3 is 0 Å². The number of nitrogen functional groups attached to an aromatic ring is 1. The zero-order valence-corrected chi connectivity index (χ0v) is 9.87. The third kappa shape index (κ3) is 2.86. The van der Waals surface area contributed by atoms with Crippen molar-refractivity contribution in [3.8, 4) is 0 Å². The van der Waals surface area contributed by atoms with Crippen LogP contribution in [0.4, 0.5) is 17.1 Å². The van der Waals surface area contributed by atoms with E-state index in [9.17, 15) is 14.9 Å². The van der Waals surface area contributed by atoms with Gasteiger partial charge in [-0.05, 0) is 18.2 Å². The first-order chi connectivity index (χ1) is 9.08. The topological polar surface area (TPSA) is 98.3 Å². The molecule has 0 atom stereocenters. The summed E-state index contributed by atoms with van der Waals surface area (Å²) in [6, 6.07) is 12.6. The summed E-state index contributed by atoms with van der Waals surface area (Å²) in [5.41, 5.74) is 6.41. The summed E-state index contributed by atoms with van der Waals surface area (Å²) < 4.78 is 0. The zero-order valence-electron chi connectivity index (χ0n) is 9.87. The first-order valence-electron chi connectivity index (χ1n) is 5.48.